The highest BCUT2D eigenvalue weighted by molar-refractivity contribution is 5.92. The van der Waals surface area contributed by atoms with Crippen molar-refractivity contribution in [2.24, 2.45) is 0 Å². The lowest BCUT2D eigenvalue weighted by atomic mass is 9.91. The summed E-state index contributed by atoms with van der Waals surface area (Å²) in [5.74, 6) is 0.451. The number of phenolic OH excluding ortho intramolecular Hbond substituents is 1. The normalized spacial score (nSPS) is 22.0. The van der Waals surface area contributed by atoms with E-state index >= 15 is 4.39 Å². The van der Waals surface area contributed by atoms with Crippen LogP contribution in [-0.4, -0.2) is 86.4 Å². The number of aromatic hydroxyl groups is 1. The summed E-state index contributed by atoms with van der Waals surface area (Å²) >= 11 is 0. The molecule has 2 saturated heterocycles. The average Bonchev–Trinajstić information content (AvgIpc) is 3.73. The molecule has 4 aliphatic heterocycles. The zero-order valence-electron chi connectivity index (χ0n) is 29.0. The van der Waals surface area contributed by atoms with Gasteiger partial charge in [0.05, 0.1) is 36.2 Å². The van der Waals surface area contributed by atoms with Crippen LogP contribution in [0.2, 0.25) is 0 Å². The Bertz CT molecular complexity index is 2010. The quantitative estimate of drug-likeness (QED) is 0.259. The number of anilines is 1. The summed E-state index contributed by atoms with van der Waals surface area (Å²) in [5, 5.41) is 16.9. The summed E-state index contributed by atoms with van der Waals surface area (Å²) in [6, 6.07) is 8.73. The first-order valence-corrected chi connectivity index (χ1v) is 17.7. The molecular formula is C38H44FN7O4. The number of aromatic nitrogens is 4. The van der Waals surface area contributed by atoms with Gasteiger partial charge in [-0.1, -0.05) is 25.1 Å². The molecule has 0 saturated carbocycles. The summed E-state index contributed by atoms with van der Waals surface area (Å²) in [7, 11) is 3.46. The van der Waals surface area contributed by atoms with E-state index in [4.69, 9.17) is 19.4 Å². The first kappa shape index (κ1) is 32.6. The second-order valence-electron chi connectivity index (χ2n) is 14.5. The van der Waals surface area contributed by atoms with Gasteiger partial charge in [0.1, 0.15) is 24.0 Å². The molecular weight excluding hydrogens is 637 g/mol. The second-order valence-corrected chi connectivity index (χ2v) is 14.5. The van der Waals surface area contributed by atoms with Gasteiger partial charge in [0.15, 0.2) is 5.69 Å². The number of amides is 1. The number of phenols is 1. The summed E-state index contributed by atoms with van der Waals surface area (Å²) in [5.41, 5.74) is 5.53. The monoisotopic (exact) mass is 681 g/mol. The molecule has 2 fully saturated rings. The molecule has 50 heavy (non-hydrogen) atoms. The molecule has 0 radical (unpaired) electrons. The van der Waals surface area contributed by atoms with E-state index in [0.29, 0.717) is 49.8 Å². The molecule has 6 heterocycles. The highest BCUT2D eigenvalue weighted by Crippen LogP contribution is 2.43. The van der Waals surface area contributed by atoms with Gasteiger partial charge in [-0.15, -0.1) is 0 Å². The SMILES string of the molecule is C=C1CN2CCCC2(COc2nc3c(c(N4CCCn5nc(C(=O)N(C)C)cc5C4)n2)COC(c2cc(O)cc4ccc(F)c(CC)c24)C3)C1. The molecule has 11 nitrogen and oxygen atoms in total. The van der Waals surface area contributed by atoms with Crippen LogP contribution in [-0.2, 0) is 37.3 Å². The summed E-state index contributed by atoms with van der Waals surface area (Å²) in [6.07, 6.45) is 4.34. The lowest BCUT2D eigenvalue weighted by Gasteiger charge is -2.33. The van der Waals surface area contributed by atoms with Gasteiger partial charge in [0, 0.05) is 45.7 Å². The van der Waals surface area contributed by atoms with Gasteiger partial charge in [0.25, 0.3) is 5.91 Å². The number of benzene rings is 2. The molecule has 4 aromatic rings. The molecule has 2 atom stereocenters. The van der Waals surface area contributed by atoms with E-state index in [1.54, 1.807) is 32.3 Å². The number of fused-ring (bicyclic) bond motifs is 4. The molecule has 2 unspecified atom stereocenters. The number of hydrogen-bond donors (Lipinski definition) is 1. The average molecular weight is 682 g/mol. The second kappa shape index (κ2) is 12.6. The predicted molar refractivity (Wildman–Crippen MR) is 187 cm³/mol. The van der Waals surface area contributed by atoms with E-state index in [1.807, 2.05) is 17.7 Å². The van der Waals surface area contributed by atoms with Crippen molar-refractivity contribution in [3.8, 4) is 11.8 Å². The molecule has 0 aliphatic carbocycles. The Balaban J connectivity index is 1.17. The van der Waals surface area contributed by atoms with Gasteiger partial charge in [0.2, 0.25) is 0 Å². The van der Waals surface area contributed by atoms with Crippen LogP contribution >= 0.6 is 0 Å². The molecule has 0 spiro atoms. The fourth-order valence-electron chi connectivity index (χ4n) is 8.51. The van der Waals surface area contributed by atoms with Crippen LogP contribution in [0.4, 0.5) is 10.2 Å². The number of rotatable bonds is 7. The van der Waals surface area contributed by atoms with Gasteiger partial charge in [-0.05, 0) is 84.8 Å². The number of aryl methyl sites for hydroxylation is 2. The largest absolute Gasteiger partial charge is 0.508 e. The van der Waals surface area contributed by atoms with Crippen LogP contribution < -0.4 is 9.64 Å². The molecule has 2 aromatic heterocycles. The fourth-order valence-corrected chi connectivity index (χ4v) is 8.51. The predicted octanol–water partition coefficient (Wildman–Crippen LogP) is 5.33. The Morgan fingerprint density at radius 1 is 1.16 bits per heavy atom. The third-order valence-electron chi connectivity index (χ3n) is 10.9. The van der Waals surface area contributed by atoms with Crippen LogP contribution in [0, 0.1) is 5.82 Å². The van der Waals surface area contributed by atoms with Crippen molar-refractivity contribution in [3.05, 3.63) is 82.1 Å². The third kappa shape index (κ3) is 5.68. The third-order valence-corrected chi connectivity index (χ3v) is 10.9. The van der Waals surface area contributed by atoms with Crippen LogP contribution in [0.3, 0.4) is 0 Å². The zero-order chi connectivity index (χ0) is 34.7. The first-order valence-electron chi connectivity index (χ1n) is 17.7. The van der Waals surface area contributed by atoms with Crippen molar-refractivity contribution in [1.82, 2.24) is 29.5 Å². The molecule has 262 valence electrons. The number of hydrogen-bond acceptors (Lipinski definition) is 9. The topological polar surface area (TPSA) is 109 Å². The minimum atomic E-state index is -0.466. The van der Waals surface area contributed by atoms with Gasteiger partial charge >= 0.3 is 6.01 Å². The molecule has 4 aliphatic rings. The number of carbonyl (C=O) groups excluding carboxylic acids is 1. The van der Waals surface area contributed by atoms with Crippen molar-refractivity contribution in [3.63, 3.8) is 0 Å². The molecule has 8 rings (SSSR count). The van der Waals surface area contributed by atoms with E-state index in [2.05, 4.69) is 21.5 Å². The van der Waals surface area contributed by atoms with Crippen LogP contribution in [0.25, 0.3) is 10.8 Å². The molecule has 2 aromatic carbocycles. The summed E-state index contributed by atoms with van der Waals surface area (Å²) in [6.45, 7) is 10.8. The molecule has 1 N–H and O–H groups in total. The first-order chi connectivity index (χ1) is 24.1. The molecule has 0 bridgehead atoms. The maximum atomic E-state index is 15.1. The van der Waals surface area contributed by atoms with Gasteiger partial charge in [-0.25, -0.2) is 4.39 Å². The Kier molecular flexibility index (Phi) is 8.26. The van der Waals surface area contributed by atoms with E-state index in [-0.39, 0.29) is 29.6 Å². The van der Waals surface area contributed by atoms with Crippen molar-refractivity contribution < 1.29 is 23.8 Å². The maximum absolute atomic E-state index is 15.1. The standard InChI is InChI=1S/C38H44FN7O4/c1-5-27-30(39)9-8-24-14-26(47)16-28(34(24)27)33-17-31-29(21-49-33)35(41-37(40-31)50-22-38-10-6-12-45(38)19-23(2)18-38)44-11-7-13-46-25(20-44)15-32(42-46)36(48)43(3)4/h8-9,14-16,33,47H,2,5-7,10-13,17-22H2,1,3-4H3. The minimum absolute atomic E-state index is 0.0895. The van der Waals surface area contributed by atoms with E-state index in [0.717, 1.165) is 84.4 Å². The van der Waals surface area contributed by atoms with Crippen molar-refractivity contribution in [1.29, 1.82) is 0 Å². The lowest BCUT2D eigenvalue weighted by molar-refractivity contribution is 0.0262. The Morgan fingerprint density at radius 3 is 2.84 bits per heavy atom. The van der Waals surface area contributed by atoms with Gasteiger partial charge in [-0.2, -0.15) is 15.1 Å². The highest BCUT2D eigenvalue weighted by Gasteiger charge is 2.46. The summed E-state index contributed by atoms with van der Waals surface area (Å²) in [4.78, 5) is 29.1. The van der Waals surface area contributed by atoms with Crippen LogP contribution in [0.15, 0.2) is 42.5 Å². The smallest absolute Gasteiger partial charge is 0.318 e. The number of nitrogens with zero attached hydrogens (tertiary/aromatic N) is 7. The zero-order valence-corrected chi connectivity index (χ0v) is 29.0. The Labute approximate surface area is 291 Å². The Morgan fingerprint density at radius 2 is 2.02 bits per heavy atom. The summed E-state index contributed by atoms with van der Waals surface area (Å²) < 4.78 is 30.1. The van der Waals surface area contributed by atoms with Gasteiger partial charge < -0.3 is 24.4 Å². The van der Waals surface area contributed by atoms with E-state index < -0.39 is 6.10 Å². The fraction of sp³-hybridized carbons (Fsp3) is 0.474. The number of carbonyl (C=O) groups is 1. The van der Waals surface area contributed by atoms with Crippen LogP contribution in [0.5, 0.6) is 11.8 Å². The number of halogens is 1. The van der Waals surface area contributed by atoms with Crippen LogP contribution in [0.1, 0.15) is 77.3 Å². The van der Waals surface area contributed by atoms with Crippen molar-refractivity contribution in [2.45, 2.75) is 76.8 Å². The van der Waals surface area contributed by atoms with Crippen molar-refractivity contribution in [2.75, 3.05) is 45.2 Å². The maximum Gasteiger partial charge on any atom is 0.318 e. The molecule has 12 heteroatoms. The number of ether oxygens (including phenoxy) is 2. The van der Waals surface area contributed by atoms with E-state index in [9.17, 15) is 9.90 Å². The minimum Gasteiger partial charge on any atom is -0.508 e. The lowest BCUT2D eigenvalue weighted by Crippen LogP contribution is -2.43. The van der Waals surface area contributed by atoms with Crippen molar-refractivity contribution >= 4 is 22.5 Å². The molecule has 1 amide bonds. The van der Waals surface area contributed by atoms with E-state index in [1.165, 1.54) is 16.5 Å². The van der Waals surface area contributed by atoms with Gasteiger partial charge in [-0.3, -0.25) is 14.4 Å². The Hall–Kier alpha value is -4.55. The highest BCUT2D eigenvalue weighted by atomic mass is 19.1.